The summed E-state index contributed by atoms with van der Waals surface area (Å²) < 4.78 is 5.32. The third-order valence-corrected chi connectivity index (χ3v) is 3.42. The molecule has 3 rings (SSSR count). The van der Waals surface area contributed by atoms with Crippen LogP contribution in [0.3, 0.4) is 0 Å². The second-order valence-electron chi connectivity index (χ2n) is 4.59. The van der Waals surface area contributed by atoms with Gasteiger partial charge in [0.1, 0.15) is 5.69 Å². The molecule has 2 heterocycles. The van der Waals surface area contributed by atoms with Gasteiger partial charge in [-0.05, 0) is 18.5 Å². The van der Waals surface area contributed by atoms with Crippen molar-refractivity contribution in [2.75, 3.05) is 14.2 Å². The number of hydrogen-bond acceptors (Lipinski definition) is 5. The molecule has 0 bridgehead atoms. The van der Waals surface area contributed by atoms with Crippen LogP contribution in [-0.2, 0) is 0 Å². The van der Waals surface area contributed by atoms with Crippen molar-refractivity contribution in [1.29, 1.82) is 0 Å². The monoisotopic (exact) mass is 280 g/mol. The average Bonchev–Trinajstić information content (AvgIpc) is 2.56. The lowest BCUT2D eigenvalue weighted by molar-refractivity contribution is 0.384. The van der Waals surface area contributed by atoms with Gasteiger partial charge in [-0.25, -0.2) is 4.98 Å². The van der Waals surface area contributed by atoms with E-state index in [-0.39, 0.29) is 6.04 Å². The number of pyridine rings is 1. The number of ether oxygens (including phenoxy) is 1. The van der Waals surface area contributed by atoms with Crippen molar-refractivity contribution in [2.45, 2.75) is 6.04 Å². The average molecular weight is 280 g/mol. The Kier molecular flexibility index (Phi) is 3.75. The molecule has 1 aromatic carbocycles. The molecule has 0 saturated heterocycles. The summed E-state index contributed by atoms with van der Waals surface area (Å²) >= 11 is 0. The third kappa shape index (κ3) is 2.43. The predicted molar refractivity (Wildman–Crippen MR) is 81.2 cm³/mol. The number of aromatic nitrogens is 3. The van der Waals surface area contributed by atoms with E-state index in [0.29, 0.717) is 5.88 Å². The molecule has 0 fully saturated rings. The van der Waals surface area contributed by atoms with Gasteiger partial charge in [-0.1, -0.05) is 24.3 Å². The molecular weight excluding hydrogens is 264 g/mol. The summed E-state index contributed by atoms with van der Waals surface area (Å²) in [5.74, 6) is 0.506. The standard InChI is InChI=1S/C16H16N4O/c1-17-14(15-16(21-2)20-10-9-19-15)13-12-6-4-3-5-11(12)7-8-18-13/h3-10,14,17H,1-2H3. The molecule has 0 spiro atoms. The van der Waals surface area contributed by atoms with E-state index in [1.54, 1.807) is 19.5 Å². The minimum atomic E-state index is -0.181. The van der Waals surface area contributed by atoms with Gasteiger partial charge in [-0.3, -0.25) is 9.97 Å². The van der Waals surface area contributed by atoms with Gasteiger partial charge in [0.2, 0.25) is 5.88 Å². The molecule has 5 nitrogen and oxygen atoms in total. The molecule has 0 aliphatic carbocycles. The first kappa shape index (κ1) is 13.5. The molecule has 1 N–H and O–H groups in total. The molecule has 0 saturated carbocycles. The lowest BCUT2D eigenvalue weighted by Crippen LogP contribution is -2.21. The van der Waals surface area contributed by atoms with Crippen molar-refractivity contribution < 1.29 is 4.74 Å². The summed E-state index contributed by atoms with van der Waals surface area (Å²) in [5, 5.41) is 5.49. The van der Waals surface area contributed by atoms with Crippen LogP contribution in [0.25, 0.3) is 10.8 Å². The van der Waals surface area contributed by atoms with Crippen LogP contribution in [0.5, 0.6) is 5.88 Å². The second-order valence-corrected chi connectivity index (χ2v) is 4.59. The molecule has 21 heavy (non-hydrogen) atoms. The van der Waals surface area contributed by atoms with Crippen molar-refractivity contribution >= 4 is 10.8 Å². The van der Waals surface area contributed by atoms with E-state index in [1.807, 2.05) is 31.4 Å². The highest BCUT2D eigenvalue weighted by Crippen LogP contribution is 2.29. The van der Waals surface area contributed by atoms with E-state index in [4.69, 9.17) is 4.74 Å². The summed E-state index contributed by atoms with van der Waals surface area (Å²) in [7, 11) is 3.47. The minimum absolute atomic E-state index is 0.181. The maximum absolute atomic E-state index is 5.32. The van der Waals surface area contributed by atoms with Gasteiger partial charge < -0.3 is 10.1 Å². The quantitative estimate of drug-likeness (QED) is 0.795. The smallest absolute Gasteiger partial charge is 0.237 e. The molecular formula is C16H16N4O. The molecule has 0 aliphatic heterocycles. The fourth-order valence-corrected chi connectivity index (χ4v) is 2.47. The van der Waals surface area contributed by atoms with Gasteiger partial charge in [-0.15, -0.1) is 0 Å². The van der Waals surface area contributed by atoms with Crippen molar-refractivity contribution in [3.63, 3.8) is 0 Å². The minimum Gasteiger partial charge on any atom is -0.480 e. The maximum atomic E-state index is 5.32. The number of rotatable bonds is 4. The van der Waals surface area contributed by atoms with Gasteiger partial charge in [0, 0.05) is 24.0 Å². The molecule has 106 valence electrons. The lowest BCUT2D eigenvalue weighted by Gasteiger charge is -2.18. The van der Waals surface area contributed by atoms with Crippen LogP contribution in [-0.4, -0.2) is 29.1 Å². The highest BCUT2D eigenvalue weighted by Gasteiger charge is 2.22. The molecule has 0 amide bonds. The van der Waals surface area contributed by atoms with Crippen molar-refractivity contribution in [1.82, 2.24) is 20.3 Å². The van der Waals surface area contributed by atoms with Gasteiger partial charge in [0.05, 0.1) is 18.8 Å². The van der Waals surface area contributed by atoms with Crippen LogP contribution in [0.15, 0.2) is 48.9 Å². The second kappa shape index (κ2) is 5.85. The van der Waals surface area contributed by atoms with Gasteiger partial charge in [0.15, 0.2) is 0 Å². The van der Waals surface area contributed by atoms with Gasteiger partial charge >= 0.3 is 0 Å². The van der Waals surface area contributed by atoms with Crippen molar-refractivity contribution in [2.24, 2.45) is 0 Å². The van der Waals surface area contributed by atoms with Crippen molar-refractivity contribution in [3.8, 4) is 5.88 Å². The van der Waals surface area contributed by atoms with E-state index in [0.717, 1.165) is 22.2 Å². The number of nitrogens with one attached hydrogen (secondary N) is 1. The van der Waals surface area contributed by atoms with E-state index in [2.05, 4.69) is 32.4 Å². The summed E-state index contributed by atoms with van der Waals surface area (Å²) in [5.41, 5.74) is 1.64. The summed E-state index contributed by atoms with van der Waals surface area (Å²) in [6, 6.07) is 9.97. The Morgan fingerprint density at radius 2 is 1.71 bits per heavy atom. The van der Waals surface area contributed by atoms with Crippen LogP contribution >= 0.6 is 0 Å². The lowest BCUT2D eigenvalue weighted by atomic mass is 10.0. The Balaban J connectivity index is 2.19. The van der Waals surface area contributed by atoms with Crippen LogP contribution in [0.4, 0.5) is 0 Å². The zero-order valence-corrected chi connectivity index (χ0v) is 11.9. The first-order chi connectivity index (χ1) is 10.3. The zero-order chi connectivity index (χ0) is 14.7. The molecule has 1 unspecified atom stereocenters. The Bertz CT molecular complexity index is 755. The fourth-order valence-electron chi connectivity index (χ4n) is 2.47. The Labute approximate surface area is 123 Å². The normalized spacial score (nSPS) is 12.3. The third-order valence-electron chi connectivity index (χ3n) is 3.42. The fraction of sp³-hybridized carbons (Fsp3) is 0.188. The largest absolute Gasteiger partial charge is 0.480 e. The molecule has 0 aliphatic rings. The predicted octanol–water partition coefficient (Wildman–Crippen LogP) is 2.34. The number of methoxy groups -OCH3 is 1. The molecule has 0 radical (unpaired) electrons. The highest BCUT2D eigenvalue weighted by molar-refractivity contribution is 5.85. The van der Waals surface area contributed by atoms with Gasteiger partial charge in [0.25, 0.3) is 0 Å². The van der Waals surface area contributed by atoms with E-state index < -0.39 is 0 Å². The van der Waals surface area contributed by atoms with Crippen LogP contribution in [0.1, 0.15) is 17.4 Å². The molecule has 5 heteroatoms. The summed E-state index contributed by atoms with van der Waals surface area (Å²) in [4.78, 5) is 13.2. The Hall–Kier alpha value is -2.53. The van der Waals surface area contributed by atoms with E-state index >= 15 is 0 Å². The molecule has 2 aromatic heterocycles. The SMILES string of the molecule is CNC(c1nccnc1OC)c1nccc2ccccc12. The van der Waals surface area contributed by atoms with Gasteiger partial charge in [-0.2, -0.15) is 0 Å². The molecule has 3 aromatic rings. The summed E-state index contributed by atoms with van der Waals surface area (Å²) in [6.07, 6.45) is 5.09. The van der Waals surface area contributed by atoms with Crippen LogP contribution in [0, 0.1) is 0 Å². The number of fused-ring (bicyclic) bond motifs is 1. The zero-order valence-electron chi connectivity index (χ0n) is 11.9. The van der Waals surface area contributed by atoms with Crippen molar-refractivity contribution in [3.05, 3.63) is 60.3 Å². The van der Waals surface area contributed by atoms with Crippen LogP contribution < -0.4 is 10.1 Å². The first-order valence-corrected chi connectivity index (χ1v) is 6.71. The number of benzene rings is 1. The van der Waals surface area contributed by atoms with E-state index in [1.165, 1.54) is 0 Å². The first-order valence-electron chi connectivity index (χ1n) is 6.71. The Morgan fingerprint density at radius 1 is 0.952 bits per heavy atom. The number of hydrogen-bond donors (Lipinski definition) is 1. The molecule has 1 atom stereocenters. The topological polar surface area (TPSA) is 59.9 Å². The maximum Gasteiger partial charge on any atom is 0.237 e. The number of nitrogens with zero attached hydrogens (tertiary/aromatic N) is 3. The summed E-state index contributed by atoms with van der Waals surface area (Å²) in [6.45, 7) is 0. The highest BCUT2D eigenvalue weighted by atomic mass is 16.5. The Morgan fingerprint density at radius 3 is 2.52 bits per heavy atom. The van der Waals surface area contributed by atoms with E-state index in [9.17, 15) is 0 Å². The van der Waals surface area contributed by atoms with Crippen LogP contribution in [0.2, 0.25) is 0 Å².